The molecule has 0 rings (SSSR count). The Hall–Kier alpha value is -0.790. The van der Waals surface area contributed by atoms with Gasteiger partial charge < -0.3 is 5.11 Å². The molecule has 0 aliphatic carbocycles. The fourth-order valence-corrected chi connectivity index (χ4v) is 1.27. The second-order valence-electron chi connectivity index (χ2n) is 3.61. The molecule has 0 radical (unpaired) electrons. The SMILES string of the molecule is CCCCC=CCCCCCC(=O)O. The molecule has 14 heavy (non-hydrogen) atoms. The summed E-state index contributed by atoms with van der Waals surface area (Å²) in [5.74, 6) is -0.677. The van der Waals surface area contributed by atoms with Crippen LogP contribution in [0.15, 0.2) is 12.2 Å². The average Bonchev–Trinajstić information content (AvgIpc) is 2.15. The second-order valence-corrected chi connectivity index (χ2v) is 3.61. The third-order valence-corrected chi connectivity index (χ3v) is 2.15. The minimum atomic E-state index is -0.677. The minimum Gasteiger partial charge on any atom is -0.481 e. The van der Waals surface area contributed by atoms with Crippen molar-refractivity contribution < 1.29 is 9.90 Å². The first-order valence-electron chi connectivity index (χ1n) is 5.64. The van der Waals surface area contributed by atoms with Gasteiger partial charge in [0.25, 0.3) is 0 Å². The molecule has 0 heterocycles. The van der Waals surface area contributed by atoms with E-state index in [9.17, 15) is 4.79 Å². The Morgan fingerprint density at radius 1 is 1.07 bits per heavy atom. The fourth-order valence-electron chi connectivity index (χ4n) is 1.27. The van der Waals surface area contributed by atoms with Gasteiger partial charge in [0, 0.05) is 6.42 Å². The molecule has 0 aromatic carbocycles. The number of unbranched alkanes of at least 4 members (excludes halogenated alkanes) is 5. The van der Waals surface area contributed by atoms with Gasteiger partial charge in [-0.05, 0) is 25.7 Å². The summed E-state index contributed by atoms with van der Waals surface area (Å²) in [6, 6.07) is 0. The van der Waals surface area contributed by atoms with Crippen LogP contribution in [-0.2, 0) is 4.79 Å². The van der Waals surface area contributed by atoms with E-state index in [1.54, 1.807) is 0 Å². The molecule has 0 unspecified atom stereocenters. The fraction of sp³-hybridized carbons (Fsp3) is 0.750. The van der Waals surface area contributed by atoms with Gasteiger partial charge in [0.1, 0.15) is 0 Å². The van der Waals surface area contributed by atoms with E-state index in [-0.39, 0.29) is 0 Å². The normalized spacial score (nSPS) is 10.9. The van der Waals surface area contributed by atoms with E-state index in [0.29, 0.717) is 6.42 Å². The van der Waals surface area contributed by atoms with Crippen LogP contribution in [-0.4, -0.2) is 11.1 Å². The summed E-state index contributed by atoms with van der Waals surface area (Å²) in [5, 5.41) is 8.40. The maximum atomic E-state index is 10.2. The van der Waals surface area contributed by atoms with Gasteiger partial charge >= 0.3 is 5.97 Å². The third kappa shape index (κ3) is 11.2. The highest BCUT2D eigenvalue weighted by atomic mass is 16.4. The summed E-state index contributed by atoms with van der Waals surface area (Å²) in [6.45, 7) is 2.19. The number of hydrogen-bond acceptors (Lipinski definition) is 1. The van der Waals surface area contributed by atoms with Crippen molar-refractivity contribution in [3.05, 3.63) is 12.2 Å². The quantitative estimate of drug-likeness (QED) is 0.452. The van der Waals surface area contributed by atoms with Crippen molar-refractivity contribution in [2.45, 2.75) is 58.3 Å². The van der Waals surface area contributed by atoms with Gasteiger partial charge in [0.15, 0.2) is 0 Å². The zero-order valence-corrected chi connectivity index (χ0v) is 9.17. The van der Waals surface area contributed by atoms with Crippen LogP contribution in [0.25, 0.3) is 0 Å². The van der Waals surface area contributed by atoms with Crippen molar-refractivity contribution in [3.63, 3.8) is 0 Å². The van der Waals surface area contributed by atoms with Crippen molar-refractivity contribution in [2.24, 2.45) is 0 Å². The lowest BCUT2D eigenvalue weighted by Crippen LogP contribution is -1.93. The van der Waals surface area contributed by atoms with Gasteiger partial charge in [0.05, 0.1) is 0 Å². The topological polar surface area (TPSA) is 37.3 Å². The highest BCUT2D eigenvalue weighted by Gasteiger charge is 1.94. The highest BCUT2D eigenvalue weighted by Crippen LogP contribution is 2.04. The molecule has 0 saturated carbocycles. The molecule has 0 atom stereocenters. The van der Waals surface area contributed by atoms with Crippen LogP contribution in [0, 0.1) is 0 Å². The summed E-state index contributed by atoms with van der Waals surface area (Å²) in [6.07, 6.45) is 12.6. The standard InChI is InChI=1S/C12H22O2/c1-2-3-4-5-6-7-8-9-10-11-12(13)14/h5-6H,2-4,7-11H2,1H3,(H,13,14). The molecular weight excluding hydrogens is 176 g/mol. The largest absolute Gasteiger partial charge is 0.481 e. The Kier molecular flexibility index (Phi) is 9.71. The average molecular weight is 198 g/mol. The number of rotatable bonds is 9. The van der Waals surface area contributed by atoms with E-state index in [1.807, 2.05) is 0 Å². The van der Waals surface area contributed by atoms with E-state index in [0.717, 1.165) is 25.7 Å². The summed E-state index contributed by atoms with van der Waals surface area (Å²) in [4.78, 5) is 10.2. The van der Waals surface area contributed by atoms with Crippen molar-refractivity contribution in [3.8, 4) is 0 Å². The van der Waals surface area contributed by atoms with E-state index < -0.39 is 5.97 Å². The maximum absolute atomic E-state index is 10.2. The molecule has 0 aliphatic heterocycles. The van der Waals surface area contributed by atoms with Crippen molar-refractivity contribution in [1.29, 1.82) is 0 Å². The van der Waals surface area contributed by atoms with Gasteiger partial charge in [-0.2, -0.15) is 0 Å². The lowest BCUT2D eigenvalue weighted by Gasteiger charge is -1.95. The summed E-state index contributed by atoms with van der Waals surface area (Å²) in [5.41, 5.74) is 0. The summed E-state index contributed by atoms with van der Waals surface area (Å²) < 4.78 is 0. The van der Waals surface area contributed by atoms with Gasteiger partial charge in [-0.1, -0.05) is 38.3 Å². The van der Waals surface area contributed by atoms with Crippen molar-refractivity contribution in [1.82, 2.24) is 0 Å². The highest BCUT2D eigenvalue weighted by molar-refractivity contribution is 5.66. The number of carboxylic acids is 1. The van der Waals surface area contributed by atoms with Gasteiger partial charge in [-0.25, -0.2) is 0 Å². The number of hydrogen-bond donors (Lipinski definition) is 1. The molecule has 2 nitrogen and oxygen atoms in total. The van der Waals surface area contributed by atoms with Gasteiger partial charge in [-0.3, -0.25) is 4.79 Å². The number of allylic oxidation sites excluding steroid dienone is 2. The zero-order valence-electron chi connectivity index (χ0n) is 9.17. The molecule has 0 amide bonds. The monoisotopic (exact) mass is 198 g/mol. The third-order valence-electron chi connectivity index (χ3n) is 2.15. The Labute approximate surface area is 87.0 Å². The smallest absolute Gasteiger partial charge is 0.303 e. The van der Waals surface area contributed by atoms with Crippen LogP contribution in [0.3, 0.4) is 0 Å². The molecule has 0 aromatic rings. The molecule has 2 heteroatoms. The second kappa shape index (κ2) is 10.3. The molecule has 0 spiro atoms. The first-order valence-corrected chi connectivity index (χ1v) is 5.64. The Bertz CT molecular complexity index is 162. The molecule has 0 bridgehead atoms. The molecule has 0 saturated heterocycles. The van der Waals surface area contributed by atoms with Crippen molar-refractivity contribution in [2.75, 3.05) is 0 Å². The molecule has 82 valence electrons. The molecule has 0 aromatic heterocycles. The number of carboxylic acid groups (broad SMARTS) is 1. The van der Waals surface area contributed by atoms with E-state index in [2.05, 4.69) is 19.1 Å². The van der Waals surface area contributed by atoms with Crippen LogP contribution in [0.2, 0.25) is 0 Å². The van der Waals surface area contributed by atoms with Crippen LogP contribution < -0.4 is 0 Å². The Balaban J connectivity index is 3.05. The first-order chi connectivity index (χ1) is 6.77. The summed E-state index contributed by atoms with van der Waals surface area (Å²) >= 11 is 0. The Morgan fingerprint density at radius 2 is 1.71 bits per heavy atom. The van der Waals surface area contributed by atoms with Crippen LogP contribution >= 0.6 is 0 Å². The predicted molar refractivity (Wildman–Crippen MR) is 59.4 cm³/mol. The molecule has 1 N–H and O–H groups in total. The number of aliphatic carboxylic acids is 1. The van der Waals surface area contributed by atoms with E-state index >= 15 is 0 Å². The maximum Gasteiger partial charge on any atom is 0.303 e. The number of carbonyl (C=O) groups is 1. The lowest BCUT2D eigenvalue weighted by molar-refractivity contribution is -0.137. The molecule has 0 aliphatic rings. The van der Waals surface area contributed by atoms with Crippen LogP contribution in [0.4, 0.5) is 0 Å². The lowest BCUT2D eigenvalue weighted by atomic mass is 10.1. The van der Waals surface area contributed by atoms with Gasteiger partial charge in [-0.15, -0.1) is 0 Å². The minimum absolute atomic E-state index is 0.319. The predicted octanol–water partition coefficient (Wildman–Crippen LogP) is 3.77. The zero-order chi connectivity index (χ0) is 10.6. The summed E-state index contributed by atoms with van der Waals surface area (Å²) in [7, 11) is 0. The molecular formula is C12H22O2. The van der Waals surface area contributed by atoms with Crippen LogP contribution in [0.5, 0.6) is 0 Å². The first kappa shape index (κ1) is 13.2. The Morgan fingerprint density at radius 3 is 2.29 bits per heavy atom. The van der Waals surface area contributed by atoms with E-state index in [4.69, 9.17) is 5.11 Å². The van der Waals surface area contributed by atoms with Crippen LogP contribution in [0.1, 0.15) is 58.3 Å². The molecule has 0 fully saturated rings. The van der Waals surface area contributed by atoms with Gasteiger partial charge in [0.2, 0.25) is 0 Å². The van der Waals surface area contributed by atoms with E-state index in [1.165, 1.54) is 19.3 Å². The van der Waals surface area contributed by atoms with Crippen molar-refractivity contribution >= 4 is 5.97 Å².